The highest BCUT2D eigenvalue weighted by molar-refractivity contribution is 5.91. The van der Waals surface area contributed by atoms with Crippen molar-refractivity contribution in [1.29, 1.82) is 0 Å². The number of nitrogens with one attached hydrogen (secondary N) is 1. The Labute approximate surface area is 136 Å². The number of aliphatic hydroxyl groups excluding tert-OH is 1. The minimum atomic E-state index is -0.262. The number of benzene rings is 2. The van der Waals surface area contributed by atoms with Crippen LogP contribution in [0, 0.1) is 6.92 Å². The largest absolute Gasteiger partial charge is 0.455 e. The molecule has 0 aromatic heterocycles. The summed E-state index contributed by atoms with van der Waals surface area (Å²) in [4.78, 5) is 13.8. The average Bonchev–Trinajstić information content (AvgIpc) is 2.54. The average molecular weight is 314 g/mol. The first-order chi connectivity index (χ1) is 11.1. The second kappa shape index (κ2) is 8.19. The summed E-state index contributed by atoms with van der Waals surface area (Å²) >= 11 is 0. The number of hydrogen-bond donors (Lipinski definition) is 2. The van der Waals surface area contributed by atoms with Crippen molar-refractivity contribution in [2.75, 3.05) is 25.0 Å². The highest BCUT2D eigenvalue weighted by Crippen LogP contribution is 2.29. The van der Waals surface area contributed by atoms with Crippen molar-refractivity contribution >= 4 is 11.7 Å². The minimum absolute atomic E-state index is 0.0668. The van der Waals surface area contributed by atoms with Crippen LogP contribution < -0.4 is 10.1 Å². The normalized spacial score (nSPS) is 10.2. The monoisotopic (exact) mass is 314 g/mol. The topological polar surface area (TPSA) is 61.8 Å². The quantitative estimate of drug-likeness (QED) is 0.856. The lowest BCUT2D eigenvalue weighted by atomic mass is 10.2. The van der Waals surface area contributed by atoms with E-state index in [4.69, 9.17) is 9.84 Å². The van der Waals surface area contributed by atoms with E-state index in [9.17, 15) is 4.79 Å². The predicted molar refractivity (Wildman–Crippen MR) is 91.0 cm³/mol. The predicted octanol–water partition coefficient (Wildman–Crippen LogP) is 3.63. The Bertz CT molecular complexity index is 658. The lowest BCUT2D eigenvalue weighted by molar-refractivity contribution is 0.192. The van der Waals surface area contributed by atoms with Gasteiger partial charge in [0.1, 0.15) is 5.75 Å². The number of nitrogens with zero attached hydrogens (tertiary/aromatic N) is 1. The highest BCUT2D eigenvalue weighted by atomic mass is 16.5. The fraction of sp³-hybridized carbons (Fsp3) is 0.278. The van der Waals surface area contributed by atoms with Crippen molar-refractivity contribution in [3.05, 3.63) is 54.1 Å². The molecule has 0 saturated carbocycles. The SMILES string of the molecule is CCN(CCO)C(=O)Nc1ccccc1Oc1cccc(C)c1. The molecule has 0 aliphatic heterocycles. The molecule has 0 spiro atoms. The van der Waals surface area contributed by atoms with Crippen LogP contribution in [0.1, 0.15) is 12.5 Å². The maximum absolute atomic E-state index is 12.2. The maximum Gasteiger partial charge on any atom is 0.322 e. The zero-order valence-corrected chi connectivity index (χ0v) is 13.5. The zero-order chi connectivity index (χ0) is 16.7. The van der Waals surface area contributed by atoms with Crippen LogP contribution in [-0.4, -0.2) is 35.7 Å². The van der Waals surface area contributed by atoms with Gasteiger partial charge in [0.2, 0.25) is 0 Å². The summed E-state index contributed by atoms with van der Waals surface area (Å²) in [5.74, 6) is 1.29. The Balaban J connectivity index is 2.15. The molecule has 0 fully saturated rings. The van der Waals surface area contributed by atoms with Crippen LogP contribution in [-0.2, 0) is 0 Å². The molecule has 0 saturated heterocycles. The minimum Gasteiger partial charge on any atom is -0.455 e. The Kier molecular flexibility index (Phi) is 6.00. The van der Waals surface area contributed by atoms with Crippen LogP contribution in [0.2, 0.25) is 0 Å². The third-order valence-electron chi connectivity index (χ3n) is 3.38. The molecule has 2 aromatic rings. The maximum atomic E-state index is 12.2. The smallest absolute Gasteiger partial charge is 0.322 e. The number of likely N-dealkylation sites (N-methyl/N-ethyl adjacent to an activating group) is 1. The molecule has 0 unspecified atom stereocenters. The van der Waals surface area contributed by atoms with E-state index in [-0.39, 0.29) is 12.6 Å². The lowest BCUT2D eigenvalue weighted by Gasteiger charge is -2.21. The number of ether oxygens (including phenoxy) is 1. The molecule has 5 nitrogen and oxygen atoms in total. The first-order valence-corrected chi connectivity index (χ1v) is 7.64. The van der Waals surface area contributed by atoms with Gasteiger partial charge in [-0.1, -0.05) is 24.3 Å². The van der Waals surface area contributed by atoms with E-state index in [0.717, 1.165) is 11.3 Å². The molecule has 0 aliphatic carbocycles. The van der Waals surface area contributed by atoms with E-state index in [1.165, 1.54) is 4.90 Å². The van der Waals surface area contributed by atoms with Gasteiger partial charge in [0.25, 0.3) is 0 Å². The molecule has 0 radical (unpaired) electrons. The number of hydrogen-bond acceptors (Lipinski definition) is 3. The van der Waals surface area contributed by atoms with Gasteiger partial charge in [0.05, 0.1) is 12.3 Å². The molecule has 2 rings (SSSR count). The van der Waals surface area contributed by atoms with Gasteiger partial charge in [-0.25, -0.2) is 4.79 Å². The summed E-state index contributed by atoms with van der Waals surface area (Å²) in [6, 6.07) is 14.7. The fourth-order valence-electron chi connectivity index (χ4n) is 2.18. The molecule has 2 N–H and O–H groups in total. The van der Waals surface area contributed by atoms with Gasteiger partial charge < -0.3 is 20.1 Å². The number of carbonyl (C=O) groups excluding carboxylic acids is 1. The number of aliphatic hydroxyl groups is 1. The van der Waals surface area contributed by atoms with E-state index in [0.29, 0.717) is 24.5 Å². The van der Waals surface area contributed by atoms with Crippen LogP contribution in [0.25, 0.3) is 0 Å². The Morgan fingerprint density at radius 1 is 1.22 bits per heavy atom. The number of urea groups is 1. The van der Waals surface area contributed by atoms with Gasteiger partial charge in [0.15, 0.2) is 5.75 Å². The van der Waals surface area contributed by atoms with E-state index in [1.54, 1.807) is 12.1 Å². The van der Waals surface area contributed by atoms with Crippen molar-refractivity contribution in [1.82, 2.24) is 4.90 Å². The van der Waals surface area contributed by atoms with E-state index in [2.05, 4.69) is 5.32 Å². The first kappa shape index (κ1) is 16.8. The van der Waals surface area contributed by atoms with Gasteiger partial charge in [-0.15, -0.1) is 0 Å². The van der Waals surface area contributed by atoms with Crippen molar-refractivity contribution in [3.63, 3.8) is 0 Å². The molecule has 23 heavy (non-hydrogen) atoms. The molecular weight excluding hydrogens is 292 g/mol. The summed E-state index contributed by atoms with van der Waals surface area (Å²) in [5, 5.41) is 11.8. The number of carbonyl (C=O) groups is 1. The number of amides is 2. The van der Waals surface area contributed by atoms with Gasteiger partial charge in [0, 0.05) is 13.1 Å². The molecule has 0 heterocycles. The molecule has 122 valence electrons. The number of rotatable bonds is 6. The van der Waals surface area contributed by atoms with Crippen LogP contribution in [0.4, 0.5) is 10.5 Å². The zero-order valence-electron chi connectivity index (χ0n) is 13.5. The van der Waals surface area contributed by atoms with Gasteiger partial charge in [-0.2, -0.15) is 0 Å². The fourth-order valence-corrected chi connectivity index (χ4v) is 2.18. The third-order valence-corrected chi connectivity index (χ3v) is 3.38. The van der Waals surface area contributed by atoms with Crippen LogP contribution in [0.3, 0.4) is 0 Å². The van der Waals surface area contributed by atoms with Gasteiger partial charge >= 0.3 is 6.03 Å². The molecule has 2 aromatic carbocycles. The first-order valence-electron chi connectivity index (χ1n) is 7.64. The molecule has 2 amide bonds. The van der Waals surface area contributed by atoms with E-state index < -0.39 is 0 Å². The number of para-hydroxylation sites is 2. The summed E-state index contributed by atoms with van der Waals surface area (Å²) in [6.45, 7) is 4.61. The van der Waals surface area contributed by atoms with E-state index >= 15 is 0 Å². The van der Waals surface area contributed by atoms with Crippen molar-refractivity contribution in [2.45, 2.75) is 13.8 Å². The second-order valence-electron chi connectivity index (χ2n) is 5.15. The Morgan fingerprint density at radius 2 is 2.00 bits per heavy atom. The van der Waals surface area contributed by atoms with Crippen molar-refractivity contribution in [2.24, 2.45) is 0 Å². The number of anilines is 1. The number of aryl methyl sites for hydroxylation is 1. The molecule has 0 aliphatic rings. The molecule has 0 atom stereocenters. The highest BCUT2D eigenvalue weighted by Gasteiger charge is 2.13. The summed E-state index contributed by atoms with van der Waals surface area (Å²) < 4.78 is 5.88. The van der Waals surface area contributed by atoms with Gasteiger partial charge in [-0.05, 0) is 43.7 Å². The Morgan fingerprint density at radius 3 is 2.70 bits per heavy atom. The van der Waals surface area contributed by atoms with Crippen molar-refractivity contribution in [3.8, 4) is 11.5 Å². The van der Waals surface area contributed by atoms with Gasteiger partial charge in [-0.3, -0.25) is 0 Å². The summed E-state index contributed by atoms with van der Waals surface area (Å²) in [5.41, 5.74) is 1.69. The van der Waals surface area contributed by atoms with Crippen LogP contribution in [0.15, 0.2) is 48.5 Å². The van der Waals surface area contributed by atoms with Crippen molar-refractivity contribution < 1.29 is 14.6 Å². The van der Waals surface area contributed by atoms with Crippen LogP contribution >= 0.6 is 0 Å². The second-order valence-corrected chi connectivity index (χ2v) is 5.15. The van der Waals surface area contributed by atoms with Crippen LogP contribution in [0.5, 0.6) is 11.5 Å². The molecule has 0 bridgehead atoms. The van der Waals surface area contributed by atoms with E-state index in [1.807, 2.05) is 50.2 Å². The standard InChI is InChI=1S/C18H22N2O3/c1-3-20(11-12-21)18(22)19-16-9-4-5-10-17(16)23-15-8-6-7-14(2)13-15/h4-10,13,21H,3,11-12H2,1-2H3,(H,19,22). The Hall–Kier alpha value is -2.53. The lowest BCUT2D eigenvalue weighted by Crippen LogP contribution is -2.36. The molecular formula is C18H22N2O3. The summed E-state index contributed by atoms with van der Waals surface area (Å²) in [6.07, 6.45) is 0. The summed E-state index contributed by atoms with van der Waals surface area (Å²) in [7, 11) is 0. The third kappa shape index (κ3) is 4.72. The molecule has 5 heteroatoms.